The van der Waals surface area contributed by atoms with Crippen LogP contribution in [0.2, 0.25) is 0 Å². The van der Waals surface area contributed by atoms with E-state index < -0.39 is 10.0 Å². The first kappa shape index (κ1) is 13.8. The monoisotopic (exact) mass is 295 g/mol. The number of nitrogens with one attached hydrogen (secondary N) is 1. The fourth-order valence-corrected chi connectivity index (χ4v) is 5.07. The molecule has 6 heteroatoms. The number of nitrogens with two attached hydrogens (primary N) is 1. The number of fused-ring (bicyclic) bond motifs is 2. The Bertz CT molecular complexity index is 585. The van der Waals surface area contributed by atoms with Crippen molar-refractivity contribution >= 4 is 15.7 Å². The molecule has 20 heavy (non-hydrogen) atoms. The molecule has 2 bridgehead atoms. The fourth-order valence-electron chi connectivity index (χ4n) is 3.85. The Morgan fingerprint density at radius 2 is 2.15 bits per heavy atom. The van der Waals surface area contributed by atoms with Gasteiger partial charge in [0.25, 0.3) is 10.0 Å². The van der Waals surface area contributed by atoms with E-state index in [1.807, 2.05) is 6.92 Å². The minimum absolute atomic E-state index is 0.0327. The van der Waals surface area contributed by atoms with Gasteiger partial charge in [-0.2, -0.15) is 0 Å². The van der Waals surface area contributed by atoms with E-state index in [4.69, 9.17) is 5.73 Å². The number of nitrogens with zero attached hydrogens (tertiary/aromatic N) is 1. The van der Waals surface area contributed by atoms with Crippen LogP contribution in [0.25, 0.3) is 0 Å². The number of rotatable bonds is 4. The van der Waals surface area contributed by atoms with Crippen LogP contribution in [0.15, 0.2) is 23.4 Å². The van der Waals surface area contributed by atoms with Crippen LogP contribution in [-0.2, 0) is 10.0 Å². The minimum Gasteiger partial charge on any atom is -0.397 e. The molecule has 2 saturated carbocycles. The number of aromatic nitrogens is 1. The van der Waals surface area contributed by atoms with Crippen molar-refractivity contribution in [2.24, 2.45) is 17.8 Å². The molecule has 2 aliphatic carbocycles. The summed E-state index contributed by atoms with van der Waals surface area (Å²) >= 11 is 0. The van der Waals surface area contributed by atoms with E-state index in [1.165, 1.54) is 31.5 Å². The van der Waals surface area contributed by atoms with Gasteiger partial charge in [-0.25, -0.2) is 18.1 Å². The summed E-state index contributed by atoms with van der Waals surface area (Å²) in [6, 6.07) is 2.98. The van der Waals surface area contributed by atoms with Crippen LogP contribution < -0.4 is 10.5 Å². The molecule has 5 nitrogen and oxygen atoms in total. The predicted octanol–water partition coefficient (Wildman–Crippen LogP) is 1.77. The van der Waals surface area contributed by atoms with Gasteiger partial charge in [0.1, 0.15) is 0 Å². The molecule has 3 N–H and O–H groups in total. The highest BCUT2D eigenvalue weighted by atomic mass is 32.2. The molecular formula is C14H21N3O2S. The summed E-state index contributed by atoms with van der Waals surface area (Å²) in [7, 11) is -3.55. The second kappa shape index (κ2) is 5.00. The molecule has 1 heterocycles. The smallest absolute Gasteiger partial charge is 0.258 e. The summed E-state index contributed by atoms with van der Waals surface area (Å²) in [5, 5.41) is 0.0432. The lowest BCUT2D eigenvalue weighted by molar-refractivity contribution is 0.280. The third kappa shape index (κ3) is 2.54. The quantitative estimate of drug-likeness (QED) is 0.886. The maximum atomic E-state index is 12.3. The lowest BCUT2D eigenvalue weighted by Crippen LogP contribution is -2.40. The number of hydrogen-bond acceptors (Lipinski definition) is 4. The molecule has 2 fully saturated rings. The zero-order valence-electron chi connectivity index (χ0n) is 11.6. The van der Waals surface area contributed by atoms with E-state index in [9.17, 15) is 8.42 Å². The number of hydrogen-bond donors (Lipinski definition) is 2. The van der Waals surface area contributed by atoms with E-state index in [-0.39, 0.29) is 11.1 Å². The molecule has 0 saturated heterocycles. The Labute approximate surface area is 120 Å². The summed E-state index contributed by atoms with van der Waals surface area (Å²) in [6.45, 7) is 1.97. The maximum absolute atomic E-state index is 12.3. The molecule has 0 spiro atoms. The molecule has 1 aromatic rings. The highest BCUT2D eigenvalue weighted by molar-refractivity contribution is 7.89. The normalized spacial score (nSPS) is 30.6. The average Bonchev–Trinajstić information content (AvgIpc) is 3.01. The summed E-state index contributed by atoms with van der Waals surface area (Å²) in [5.74, 6) is 1.97. The molecule has 0 aromatic carbocycles. The topological polar surface area (TPSA) is 85.1 Å². The average molecular weight is 295 g/mol. The second-order valence-corrected chi connectivity index (χ2v) is 7.84. The molecule has 4 atom stereocenters. The number of anilines is 1. The van der Waals surface area contributed by atoms with Crippen LogP contribution in [-0.4, -0.2) is 19.4 Å². The van der Waals surface area contributed by atoms with Gasteiger partial charge in [-0.3, -0.25) is 0 Å². The van der Waals surface area contributed by atoms with Crippen LogP contribution in [0, 0.1) is 17.8 Å². The fraction of sp³-hybridized carbons (Fsp3) is 0.643. The molecule has 1 aromatic heterocycles. The molecule has 2 aliphatic rings. The summed E-state index contributed by atoms with van der Waals surface area (Å²) in [6.07, 6.45) is 6.37. The molecule has 0 radical (unpaired) electrons. The predicted molar refractivity (Wildman–Crippen MR) is 77.4 cm³/mol. The largest absolute Gasteiger partial charge is 0.397 e. The highest BCUT2D eigenvalue weighted by Gasteiger charge is 2.42. The van der Waals surface area contributed by atoms with Crippen molar-refractivity contribution in [2.75, 3.05) is 5.73 Å². The molecule has 3 rings (SSSR count). The van der Waals surface area contributed by atoms with Gasteiger partial charge in [0.05, 0.1) is 11.9 Å². The second-order valence-electron chi connectivity index (χ2n) is 6.18. The Kier molecular flexibility index (Phi) is 3.46. The first-order valence-corrected chi connectivity index (χ1v) is 8.68. The summed E-state index contributed by atoms with van der Waals surface area (Å²) < 4.78 is 27.4. The van der Waals surface area contributed by atoms with Crippen LogP contribution in [0.3, 0.4) is 0 Å². The van der Waals surface area contributed by atoms with Gasteiger partial charge in [0, 0.05) is 6.04 Å². The van der Waals surface area contributed by atoms with Crippen molar-refractivity contribution in [3.63, 3.8) is 0 Å². The van der Waals surface area contributed by atoms with Gasteiger partial charge in [-0.05, 0) is 56.1 Å². The van der Waals surface area contributed by atoms with Gasteiger partial charge >= 0.3 is 0 Å². The van der Waals surface area contributed by atoms with E-state index >= 15 is 0 Å². The number of pyridine rings is 1. The van der Waals surface area contributed by atoms with Crippen LogP contribution >= 0.6 is 0 Å². The number of sulfonamides is 1. The SMILES string of the molecule is CC(NS(=O)(=O)c1ccc(N)cn1)C1CC2CCC1C2. The molecule has 110 valence electrons. The highest BCUT2D eigenvalue weighted by Crippen LogP contribution is 2.49. The van der Waals surface area contributed by atoms with Gasteiger partial charge in [0.2, 0.25) is 0 Å². The Hall–Kier alpha value is -1.14. The van der Waals surface area contributed by atoms with Gasteiger partial charge in [-0.1, -0.05) is 6.42 Å². The lowest BCUT2D eigenvalue weighted by atomic mass is 9.84. The van der Waals surface area contributed by atoms with Crippen molar-refractivity contribution in [3.05, 3.63) is 18.3 Å². The van der Waals surface area contributed by atoms with Crippen LogP contribution in [0.1, 0.15) is 32.6 Å². The Morgan fingerprint density at radius 1 is 1.35 bits per heavy atom. The Morgan fingerprint density at radius 3 is 2.70 bits per heavy atom. The molecular weight excluding hydrogens is 274 g/mol. The van der Waals surface area contributed by atoms with Gasteiger partial charge in [0.15, 0.2) is 5.03 Å². The van der Waals surface area contributed by atoms with Crippen molar-refractivity contribution in [3.8, 4) is 0 Å². The van der Waals surface area contributed by atoms with Crippen molar-refractivity contribution in [1.82, 2.24) is 9.71 Å². The van der Waals surface area contributed by atoms with E-state index in [2.05, 4.69) is 9.71 Å². The third-order valence-corrected chi connectivity index (χ3v) is 6.28. The zero-order valence-corrected chi connectivity index (χ0v) is 12.4. The van der Waals surface area contributed by atoms with Crippen molar-refractivity contribution < 1.29 is 8.42 Å². The molecule has 0 aliphatic heterocycles. The number of nitrogen functional groups attached to an aromatic ring is 1. The van der Waals surface area contributed by atoms with E-state index in [1.54, 1.807) is 6.07 Å². The molecule has 4 unspecified atom stereocenters. The minimum atomic E-state index is -3.55. The van der Waals surface area contributed by atoms with Crippen LogP contribution in [0.4, 0.5) is 5.69 Å². The van der Waals surface area contributed by atoms with Gasteiger partial charge in [-0.15, -0.1) is 0 Å². The van der Waals surface area contributed by atoms with Crippen molar-refractivity contribution in [2.45, 2.75) is 43.7 Å². The summed E-state index contributed by atoms with van der Waals surface area (Å²) in [5.41, 5.74) is 6.00. The first-order valence-electron chi connectivity index (χ1n) is 7.19. The van der Waals surface area contributed by atoms with Crippen molar-refractivity contribution in [1.29, 1.82) is 0 Å². The maximum Gasteiger partial charge on any atom is 0.258 e. The first-order chi connectivity index (χ1) is 9.45. The third-order valence-electron chi connectivity index (χ3n) is 4.81. The van der Waals surface area contributed by atoms with E-state index in [0.29, 0.717) is 17.5 Å². The van der Waals surface area contributed by atoms with Gasteiger partial charge < -0.3 is 5.73 Å². The molecule has 0 amide bonds. The van der Waals surface area contributed by atoms with E-state index in [0.717, 1.165) is 12.3 Å². The zero-order chi connectivity index (χ0) is 14.3. The standard InChI is InChI=1S/C14H21N3O2S/c1-9(13-7-10-2-3-11(13)6-10)17-20(18,19)14-5-4-12(15)8-16-14/h4-5,8-11,13,17H,2-3,6-7,15H2,1H3. The van der Waals surface area contributed by atoms with Crippen LogP contribution in [0.5, 0.6) is 0 Å². The lowest BCUT2D eigenvalue weighted by Gasteiger charge is -2.28. The summed E-state index contributed by atoms with van der Waals surface area (Å²) in [4.78, 5) is 3.90. The Balaban J connectivity index is 1.71.